The van der Waals surface area contributed by atoms with Crippen molar-refractivity contribution in [3.63, 3.8) is 0 Å². The molecule has 4 saturated carbocycles. The van der Waals surface area contributed by atoms with Gasteiger partial charge in [0.05, 0.1) is 0 Å². The van der Waals surface area contributed by atoms with Crippen molar-refractivity contribution in [2.24, 2.45) is 23.7 Å². The van der Waals surface area contributed by atoms with Gasteiger partial charge >= 0.3 is 0 Å². The minimum Gasteiger partial charge on any atom is -0.397 e. The number of H-pyrrole nitrogens is 1. The fourth-order valence-corrected chi connectivity index (χ4v) is 4.93. The predicted molar refractivity (Wildman–Crippen MR) is 73.5 cm³/mol. The van der Waals surface area contributed by atoms with Crippen LogP contribution in [0.5, 0.6) is 0 Å². The number of aromatic amines is 1. The Morgan fingerprint density at radius 3 is 2.32 bits per heavy atom. The van der Waals surface area contributed by atoms with Gasteiger partial charge in [-0.25, -0.2) is 0 Å². The summed E-state index contributed by atoms with van der Waals surface area (Å²) in [7, 11) is 0. The third kappa shape index (κ3) is 1.85. The molecule has 0 spiro atoms. The minimum absolute atomic E-state index is 0.00849. The lowest BCUT2D eigenvalue weighted by Gasteiger charge is -2.54. The zero-order chi connectivity index (χ0) is 13.0. The Labute approximate surface area is 113 Å². The van der Waals surface area contributed by atoms with E-state index in [1.807, 2.05) is 0 Å². The van der Waals surface area contributed by atoms with Gasteiger partial charge in [0.25, 0.3) is 5.91 Å². The molecule has 1 aromatic rings. The highest BCUT2D eigenvalue weighted by Crippen LogP contribution is 2.53. The molecule has 0 atom stereocenters. The van der Waals surface area contributed by atoms with Crippen molar-refractivity contribution in [3.05, 3.63) is 18.0 Å². The number of nitrogens with two attached hydrogens (primary N) is 1. The molecule has 19 heavy (non-hydrogen) atoms. The van der Waals surface area contributed by atoms with Crippen LogP contribution >= 0.6 is 0 Å². The molecule has 5 rings (SSSR count). The summed E-state index contributed by atoms with van der Waals surface area (Å²) in [5.41, 5.74) is 6.86. The standard InChI is InChI=1S/C15H21N3O/c16-12-6-13(17-7-12)15(19)18-14-10-2-8-1-9(4-10)5-11(14)3-8/h6-11,14,17H,1-5,16H2,(H,18,19). The van der Waals surface area contributed by atoms with Crippen LogP contribution < -0.4 is 11.1 Å². The monoisotopic (exact) mass is 259 g/mol. The third-order valence-electron chi connectivity index (χ3n) is 5.47. The van der Waals surface area contributed by atoms with Crippen molar-refractivity contribution in [2.75, 3.05) is 5.73 Å². The molecule has 102 valence electrons. The Balaban J connectivity index is 1.49. The van der Waals surface area contributed by atoms with Crippen LogP contribution in [0.4, 0.5) is 5.69 Å². The second kappa shape index (κ2) is 4.02. The Morgan fingerprint density at radius 1 is 1.16 bits per heavy atom. The van der Waals surface area contributed by atoms with Crippen LogP contribution in [0.1, 0.15) is 42.6 Å². The molecule has 1 heterocycles. The highest BCUT2D eigenvalue weighted by molar-refractivity contribution is 5.93. The van der Waals surface area contributed by atoms with Gasteiger partial charge in [0.15, 0.2) is 0 Å². The molecular formula is C15H21N3O. The first-order valence-electron chi connectivity index (χ1n) is 7.44. The van der Waals surface area contributed by atoms with Crippen LogP contribution in [0.3, 0.4) is 0 Å². The van der Waals surface area contributed by atoms with Crippen LogP contribution in [-0.4, -0.2) is 16.9 Å². The molecule has 4 aliphatic carbocycles. The first kappa shape index (κ1) is 11.4. The van der Waals surface area contributed by atoms with Gasteiger partial charge in [0.1, 0.15) is 5.69 Å². The second-order valence-electron chi connectivity index (χ2n) is 6.78. The maximum absolute atomic E-state index is 12.3. The van der Waals surface area contributed by atoms with Gasteiger partial charge in [-0.05, 0) is 61.8 Å². The molecule has 4 bridgehead atoms. The Bertz CT molecular complexity index is 479. The van der Waals surface area contributed by atoms with E-state index in [2.05, 4.69) is 10.3 Å². The Kier molecular flexibility index (Phi) is 2.41. The summed E-state index contributed by atoms with van der Waals surface area (Å²) in [6.07, 6.45) is 8.41. The van der Waals surface area contributed by atoms with Crippen molar-refractivity contribution >= 4 is 11.6 Å². The number of amides is 1. The summed E-state index contributed by atoms with van der Waals surface area (Å²) in [5, 5.41) is 3.27. The molecular weight excluding hydrogens is 238 g/mol. The fourth-order valence-electron chi connectivity index (χ4n) is 4.93. The van der Waals surface area contributed by atoms with Gasteiger partial charge in [-0.2, -0.15) is 0 Å². The average molecular weight is 259 g/mol. The lowest BCUT2D eigenvalue weighted by molar-refractivity contribution is -0.0120. The zero-order valence-electron chi connectivity index (χ0n) is 11.1. The predicted octanol–water partition coefficient (Wildman–Crippen LogP) is 2.15. The maximum atomic E-state index is 12.3. The number of hydrogen-bond acceptors (Lipinski definition) is 2. The van der Waals surface area contributed by atoms with E-state index in [1.54, 1.807) is 12.3 Å². The second-order valence-corrected chi connectivity index (χ2v) is 6.78. The molecule has 4 fully saturated rings. The number of carbonyl (C=O) groups excluding carboxylic acids is 1. The molecule has 4 nitrogen and oxygen atoms in total. The molecule has 0 radical (unpaired) electrons. The molecule has 0 saturated heterocycles. The van der Waals surface area contributed by atoms with Crippen LogP contribution in [0, 0.1) is 23.7 Å². The molecule has 1 amide bonds. The molecule has 4 N–H and O–H groups in total. The number of nitrogen functional groups attached to an aromatic ring is 1. The normalized spacial score (nSPS) is 39.5. The molecule has 1 aromatic heterocycles. The highest BCUT2D eigenvalue weighted by Gasteiger charge is 2.48. The summed E-state index contributed by atoms with van der Waals surface area (Å²) in [4.78, 5) is 15.2. The Hall–Kier alpha value is -1.45. The highest BCUT2D eigenvalue weighted by atomic mass is 16.1. The zero-order valence-corrected chi connectivity index (χ0v) is 11.1. The van der Waals surface area contributed by atoms with E-state index >= 15 is 0 Å². The molecule has 0 unspecified atom stereocenters. The van der Waals surface area contributed by atoms with Crippen molar-refractivity contribution in [1.29, 1.82) is 0 Å². The van der Waals surface area contributed by atoms with E-state index in [0.29, 0.717) is 29.3 Å². The number of anilines is 1. The summed E-state index contributed by atoms with van der Waals surface area (Å²) in [5.74, 6) is 3.32. The van der Waals surface area contributed by atoms with E-state index in [4.69, 9.17) is 5.73 Å². The third-order valence-corrected chi connectivity index (χ3v) is 5.47. The van der Waals surface area contributed by atoms with Gasteiger partial charge in [-0.3, -0.25) is 4.79 Å². The Morgan fingerprint density at radius 2 is 1.79 bits per heavy atom. The van der Waals surface area contributed by atoms with Crippen molar-refractivity contribution < 1.29 is 4.79 Å². The van der Waals surface area contributed by atoms with Gasteiger partial charge in [0, 0.05) is 17.9 Å². The topological polar surface area (TPSA) is 70.9 Å². The quantitative estimate of drug-likeness (QED) is 0.761. The minimum atomic E-state index is 0.00849. The summed E-state index contributed by atoms with van der Waals surface area (Å²) < 4.78 is 0. The van der Waals surface area contributed by atoms with Gasteiger partial charge in [-0.1, -0.05) is 0 Å². The van der Waals surface area contributed by atoms with Crippen LogP contribution in [0.15, 0.2) is 12.3 Å². The number of hydrogen-bond donors (Lipinski definition) is 3. The lowest BCUT2D eigenvalue weighted by Crippen LogP contribution is -2.55. The maximum Gasteiger partial charge on any atom is 0.268 e. The summed E-state index contributed by atoms with van der Waals surface area (Å²) in [6, 6.07) is 2.11. The van der Waals surface area contributed by atoms with Crippen molar-refractivity contribution in [1.82, 2.24) is 10.3 Å². The van der Waals surface area contributed by atoms with Crippen molar-refractivity contribution in [2.45, 2.75) is 38.1 Å². The van der Waals surface area contributed by atoms with Gasteiger partial charge < -0.3 is 16.0 Å². The number of nitrogens with one attached hydrogen (secondary N) is 2. The first-order valence-corrected chi connectivity index (χ1v) is 7.44. The van der Waals surface area contributed by atoms with E-state index in [-0.39, 0.29) is 5.91 Å². The summed E-state index contributed by atoms with van der Waals surface area (Å²) >= 11 is 0. The van der Waals surface area contributed by atoms with E-state index < -0.39 is 0 Å². The number of rotatable bonds is 2. The van der Waals surface area contributed by atoms with E-state index in [9.17, 15) is 4.79 Å². The lowest BCUT2D eigenvalue weighted by atomic mass is 9.54. The number of aromatic nitrogens is 1. The fraction of sp³-hybridized carbons (Fsp3) is 0.667. The average Bonchev–Trinajstić information content (AvgIpc) is 2.79. The van der Waals surface area contributed by atoms with Crippen LogP contribution in [0.2, 0.25) is 0 Å². The van der Waals surface area contributed by atoms with Gasteiger partial charge in [-0.15, -0.1) is 0 Å². The molecule has 0 aromatic carbocycles. The smallest absolute Gasteiger partial charge is 0.268 e. The van der Waals surface area contributed by atoms with E-state index in [0.717, 1.165) is 11.8 Å². The number of carbonyl (C=O) groups is 1. The largest absolute Gasteiger partial charge is 0.397 e. The summed E-state index contributed by atoms with van der Waals surface area (Å²) in [6.45, 7) is 0. The van der Waals surface area contributed by atoms with Crippen LogP contribution in [0.25, 0.3) is 0 Å². The van der Waals surface area contributed by atoms with Crippen molar-refractivity contribution in [3.8, 4) is 0 Å². The molecule has 4 heteroatoms. The first-order chi connectivity index (χ1) is 9.19. The van der Waals surface area contributed by atoms with E-state index in [1.165, 1.54) is 32.1 Å². The molecule has 0 aliphatic heterocycles. The van der Waals surface area contributed by atoms with Gasteiger partial charge in [0.2, 0.25) is 0 Å². The molecule has 4 aliphatic rings. The van der Waals surface area contributed by atoms with Crippen LogP contribution in [-0.2, 0) is 0 Å². The SMILES string of the molecule is Nc1c[nH]c(C(=O)NC2C3CC4CC(C3)CC2C4)c1.